The highest BCUT2D eigenvalue weighted by molar-refractivity contribution is 5.54. The Morgan fingerprint density at radius 1 is 1.50 bits per heavy atom. The van der Waals surface area contributed by atoms with Crippen LogP contribution in [0.15, 0.2) is 18.3 Å². The molecule has 0 aromatic carbocycles. The summed E-state index contributed by atoms with van der Waals surface area (Å²) in [5, 5.41) is 18.5. The van der Waals surface area contributed by atoms with Crippen molar-refractivity contribution >= 4 is 6.08 Å². The van der Waals surface area contributed by atoms with E-state index in [0.717, 1.165) is 29.7 Å². The lowest BCUT2D eigenvalue weighted by Gasteiger charge is -2.17. The molecule has 0 saturated heterocycles. The van der Waals surface area contributed by atoms with Crippen LogP contribution in [-0.2, 0) is 6.42 Å². The minimum Gasteiger partial charge on any atom is -0.393 e. The second kappa shape index (κ2) is 3.90. The minimum atomic E-state index is -0.779. The van der Waals surface area contributed by atoms with E-state index in [4.69, 9.17) is 5.11 Å². The van der Waals surface area contributed by atoms with E-state index in [-0.39, 0.29) is 6.61 Å². The zero-order valence-corrected chi connectivity index (χ0v) is 7.85. The van der Waals surface area contributed by atoms with Crippen LogP contribution in [0.25, 0.3) is 6.08 Å². The lowest BCUT2D eigenvalue weighted by molar-refractivity contribution is 0.0948. The molecule has 1 aliphatic rings. The monoisotopic (exact) mass is 191 g/mol. The van der Waals surface area contributed by atoms with Crippen LogP contribution in [0.1, 0.15) is 29.3 Å². The third-order valence-electron chi connectivity index (χ3n) is 2.49. The number of aliphatic hydroxyl groups is 2. The third-order valence-corrected chi connectivity index (χ3v) is 2.49. The van der Waals surface area contributed by atoms with E-state index < -0.39 is 6.10 Å². The summed E-state index contributed by atoms with van der Waals surface area (Å²) in [5.74, 6) is 0. The Morgan fingerprint density at radius 2 is 2.36 bits per heavy atom. The number of rotatable bonds is 2. The molecule has 14 heavy (non-hydrogen) atoms. The molecule has 2 N–H and O–H groups in total. The molecule has 1 aromatic heterocycles. The SMILES string of the molecule is OC[C@H](O)c1ccnc2c1CCC=C2. The molecule has 1 heterocycles. The van der Waals surface area contributed by atoms with Crippen molar-refractivity contribution in [1.82, 2.24) is 4.98 Å². The van der Waals surface area contributed by atoms with Crippen LogP contribution < -0.4 is 0 Å². The third kappa shape index (κ3) is 1.56. The first-order valence-corrected chi connectivity index (χ1v) is 4.76. The topological polar surface area (TPSA) is 53.4 Å². The van der Waals surface area contributed by atoms with Gasteiger partial charge in [0.1, 0.15) is 6.10 Å². The number of nitrogens with zero attached hydrogens (tertiary/aromatic N) is 1. The average molecular weight is 191 g/mol. The Labute approximate surface area is 82.7 Å². The number of hydrogen-bond acceptors (Lipinski definition) is 3. The Hall–Kier alpha value is -1.19. The maximum atomic E-state index is 9.58. The Bertz CT molecular complexity index is 360. The summed E-state index contributed by atoms with van der Waals surface area (Å²) in [7, 11) is 0. The highest BCUT2D eigenvalue weighted by atomic mass is 16.3. The van der Waals surface area contributed by atoms with Crippen molar-refractivity contribution < 1.29 is 10.2 Å². The molecule has 1 atom stereocenters. The maximum absolute atomic E-state index is 9.58. The molecule has 1 aromatic rings. The van der Waals surface area contributed by atoms with E-state index in [9.17, 15) is 5.11 Å². The van der Waals surface area contributed by atoms with Gasteiger partial charge in [0.25, 0.3) is 0 Å². The molecule has 74 valence electrons. The summed E-state index contributed by atoms with van der Waals surface area (Å²) in [6, 6.07) is 1.78. The molecule has 0 radical (unpaired) electrons. The summed E-state index contributed by atoms with van der Waals surface area (Å²) >= 11 is 0. The van der Waals surface area contributed by atoms with Crippen molar-refractivity contribution in [2.45, 2.75) is 18.9 Å². The first-order valence-electron chi connectivity index (χ1n) is 4.76. The van der Waals surface area contributed by atoms with E-state index in [1.807, 2.05) is 6.08 Å². The summed E-state index contributed by atoms with van der Waals surface area (Å²) in [6.45, 7) is -0.236. The largest absolute Gasteiger partial charge is 0.393 e. The maximum Gasteiger partial charge on any atom is 0.102 e. The Balaban J connectivity index is 2.46. The van der Waals surface area contributed by atoms with Gasteiger partial charge in [-0.1, -0.05) is 6.08 Å². The van der Waals surface area contributed by atoms with E-state index in [0.29, 0.717) is 0 Å². The predicted octanol–water partition coefficient (Wildman–Crippen LogP) is 1.07. The van der Waals surface area contributed by atoms with Crippen LogP contribution >= 0.6 is 0 Å². The molecule has 0 fully saturated rings. The quantitative estimate of drug-likeness (QED) is 0.735. The molecule has 0 bridgehead atoms. The fraction of sp³-hybridized carbons (Fsp3) is 0.364. The number of pyridine rings is 1. The van der Waals surface area contributed by atoms with Gasteiger partial charge in [0.2, 0.25) is 0 Å². The van der Waals surface area contributed by atoms with Crippen LogP contribution in [0.2, 0.25) is 0 Å². The van der Waals surface area contributed by atoms with Crippen LogP contribution in [0, 0.1) is 0 Å². The smallest absolute Gasteiger partial charge is 0.102 e. The lowest BCUT2D eigenvalue weighted by atomic mass is 9.94. The molecule has 0 unspecified atom stereocenters. The lowest BCUT2D eigenvalue weighted by Crippen LogP contribution is -2.09. The van der Waals surface area contributed by atoms with Gasteiger partial charge in [0.05, 0.1) is 12.3 Å². The van der Waals surface area contributed by atoms with Gasteiger partial charge < -0.3 is 10.2 Å². The van der Waals surface area contributed by atoms with Gasteiger partial charge in [-0.2, -0.15) is 0 Å². The van der Waals surface area contributed by atoms with Crippen molar-refractivity contribution in [1.29, 1.82) is 0 Å². The molecule has 0 aliphatic heterocycles. The number of aromatic nitrogens is 1. The zero-order chi connectivity index (χ0) is 9.97. The van der Waals surface area contributed by atoms with Gasteiger partial charge >= 0.3 is 0 Å². The molecule has 0 amide bonds. The van der Waals surface area contributed by atoms with Crippen LogP contribution in [-0.4, -0.2) is 21.8 Å². The summed E-state index contributed by atoms with van der Waals surface area (Å²) in [5.41, 5.74) is 2.79. The van der Waals surface area contributed by atoms with E-state index >= 15 is 0 Å². The van der Waals surface area contributed by atoms with Gasteiger partial charge in [-0.15, -0.1) is 0 Å². The van der Waals surface area contributed by atoms with E-state index in [1.165, 1.54) is 0 Å². The Kier molecular flexibility index (Phi) is 2.61. The second-order valence-corrected chi connectivity index (χ2v) is 3.40. The molecule has 0 spiro atoms. The fourth-order valence-electron chi connectivity index (χ4n) is 1.77. The number of fused-ring (bicyclic) bond motifs is 1. The summed E-state index contributed by atoms with van der Waals surface area (Å²) < 4.78 is 0. The molecule has 3 heteroatoms. The highest BCUT2D eigenvalue weighted by Gasteiger charge is 2.15. The van der Waals surface area contributed by atoms with Gasteiger partial charge in [0, 0.05) is 6.20 Å². The van der Waals surface area contributed by atoms with Gasteiger partial charge in [-0.3, -0.25) is 4.98 Å². The molecule has 2 rings (SSSR count). The molecule has 3 nitrogen and oxygen atoms in total. The second-order valence-electron chi connectivity index (χ2n) is 3.40. The summed E-state index contributed by atoms with van der Waals surface area (Å²) in [4.78, 5) is 4.22. The fourth-order valence-corrected chi connectivity index (χ4v) is 1.77. The number of allylic oxidation sites excluding steroid dienone is 1. The van der Waals surface area contributed by atoms with Crippen molar-refractivity contribution in [3.05, 3.63) is 35.2 Å². The normalized spacial score (nSPS) is 16.4. The average Bonchev–Trinajstić information content (AvgIpc) is 2.27. The van der Waals surface area contributed by atoms with Crippen molar-refractivity contribution in [3.8, 4) is 0 Å². The van der Waals surface area contributed by atoms with Crippen molar-refractivity contribution in [2.75, 3.05) is 6.61 Å². The van der Waals surface area contributed by atoms with E-state index in [1.54, 1.807) is 12.3 Å². The van der Waals surface area contributed by atoms with Crippen LogP contribution in [0.4, 0.5) is 0 Å². The number of hydrogen-bond donors (Lipinski definition) is 2. The first-order chi connectivity index (χ1) is 6.83. The summed E-state index contributed by atoms with van der Waals surface area (Å²) in [6.07, 6.45) is 6.80. The predicted molar refractivity (Wildman–Crippen MR) is 53.6 cm³/mol. The standard InChI is InChI=1S/C11H13NO2/c13-7-11(14)9-5-6-12-10-4-2-1-3-8(9)10/h2,4-6,11,13-14H,1,3,7H2/t11-/m0/s1. The van der Waals surface area contributed by atoms with Gasteiger partial charge in [-0.25, -0.2) is 0 Å². The van der Waals surface area contributed by atoms with Crippen LogP contribution in [0.3, 0.4) is 0 Å². The number of aliphatic hydroxyl groups excluding tert-OH is 2. The van der Waals surface area contributed by atoms with Crippen molar-refractivity contribution in [3.63, 3.8) is 0 Å². The van der Waals surface area contributed by atoms with Crippen LogP contribution in [0.5, 0.6) is 0 Å². The van der Waals surface area contributed by atoms with Crippen molar-refractivity contribution in [2.24, 2.45) is 0 Å². The van der Waals surface area contributed by atoms with Gasteiger partial charge in [-0.05, 0) is 36.1 Å². The molecule has 0 saturated carbocycles. The van der Waals surface area contributed by atoms with E-state index in [2.05, 4.69) is 11.1 Å². The zero-order valence-electron chi connectivity index (χ0n) is 7.85. The van der Waals surface area contributed by atoms with Gasteiger partial charge in [0.15, 0.2) is 0 Å². The molecular formula is C11H13NO2. The first kappa shape index (κ1) is 9.37. The Morgan fingerprint density at radius 3 is 3.14 bits per heavy atom. The minimum absolute atomic E-state index is 0.236. The molecule has 1 aliphatic carbocycles. The highest BCUT2D eigenvalue weighted by Crippen LogP contribution is 2.25. The molecular weight excluding hydrogens is 178 g/mol.